The van der Waals surface area contributed by atoms with Gasteiger partial charge in [-0.15, -0.1) is 0 Å². The number of aryl methyl sites for hydroxylation is 1. The zero-order valence-electron chi connectivity index (χ0n) is 10.6. The minimum absolute atomic E-state index is 0.0409. The number of carbonyl (C=O) groups excluding carboxylic acids is 1. The zero-order valence-corrected chi connectivity index (χ0v) is 10.6. The molecule has 2 rings (SSSR count). The van der Waals surface area contributed by atoms with Crippen LogP contribution in [0.15, 0.2) is 16.7 Å². The monoisotopic (exact) mass is 237 g/mol. The van der Waals surface area contributed by atoms with Crippen LogP contribution in [-0.2, 0) is 0 Å². The number of hydrogen-bond donors (Lipinski definition) is 1. The van der Waals surface area contributed by atoms with Crippen molar-refractivity contribution in [1.82, 2.24) is 4.90 Å². The second-order valence-corrected chi connectivity index (χ2v) is 5.20. The Morgan fingerprint density at radius 1 is 1.59 bits per heavy atom. The van der Waals surface area contributed by atoms with Gasteiger partial charge < -0.3 is 14.4 Å². The number of likely N-dealkylation sites (tertiary alicyclic amines) is 1. The third-order valence-electron chi connectivity index (χ3n) is 3.42. The van der Waals surface area contributed by atoms with Crippen molar-refractivity contribution in [2.45, 2.75) is 45.3 Å². The van der Waals surface area contributed by atoms with Crippen LogP contribution in [0.2, 0.25) is 0 Å². The Balaban J connectivity index is 2.23. The maximum Gasteiger partial charge on any atom is 0.257 e. The highest BCUT2D eigenvalue weighted by Crippen LogP contribution is 2.28. The predicted molar refractivity (Wildman–Crippen MR) is 63.8 cm³/mol. The van der Waals surface area contributed by atoms with Gasteiger partial charge in [0.25, 0.3) is 5.91 Å². The molecule has 4 heteroatoms. The highest BCUT2D eigenvalue weighted by atomic mass is 16.3. The van der Waals surface area contributed by atoms with E-state index >= 15 is 0 Å². The van der Waals surface area contributed by atoms with Crippen LogP contribution in [0.1, 0.15) is 42.8 Å². The summed E-state index contributed by atoms with van der Waals surface area (Å²) in [6.45, 7) is 6.00. The topological polar surface area (TPSA) is 53.7 Å². The van der Waals surface area contributed by atoms with E-state index in [1.807, 2.05) is 0 Å². The molecular formula is C13H19NO3. The van der Waals surface area contributed by atoms with Crippen molar-refractivity contribution < 1.29 is 14.3 Å². The highest BCUT2D eigenvalue weighted by molar-refractivity contribution is 5.95. The maximum atomic E-state index is 12.3. The molecule has 1 aliphatic heterocycles. The lowest BCUT2D eigenvalue weighted by atomic mass is 9.96. The van der Waals surface area contributed by atoms with Crippen molar-refractivity contribution in [1.29, 1.82) is 0 Å². The number of furan rings is 1. The van der Waals surface area contributed by atoms with E-state index in [0.717, 1.165) is 12.8 Å². The quantitative estimate of drug-likeness (QED) is 0.855. The van der Waals surface area contributed by atoms with Crippen LogP contribution in [0, 0.1) is 6.92 Å². The molecule has 4 nitrogen and oxygen atoms in total. The summed E-state index contributed by atoms with van der Waals surface area (Å²) < 4.78 is 5.16. The number of aliphatic hydroxyl groups is 1. The van der Waals surface area contributed by atoms with E-state index in [1.165, 1.54) is 6.26 Å². The second-order valence-electron chi connectivity index (χ2n) is 5.20. The fourth-order valence-corrected chi connectivity index (χ4v) is 2.51. The molecule has 0 bridgehead atoms. The molecule has 1 amide bonds. The number of hydrogen-bond acceptors (Lipinski definition) is 3. The summed E-state index contributed by atoms with van der Waals surface area (Å²) in [7, 11) is 0. The average molecular weight is 237 g/mol. The lowest BCUT2D eigenvalue weighted by molar-refractivity contribution is 0.000264. The van der Waals surface area contributed by atoms with Crippen LogP contribution in [0.3, 0.4) is 0 Å². The summed E-state index contributed by atoms with van der Waals surface area (Å²) in [5.74, 6) is 0.595. The van der Waals surface area contributed by atoms with Crippen LogP contribution < -0.4 is 0 Å². The zero-order chi connectivity index (χ0) is 12.6. The van der Waals surface area contributed by atoms with Gasteiger partial charge in [-0.25, -0.2) is 0 Å². The van der Waals surface area contributed by atoms with Crippen molar-refractivity contribution in [2.75, 3.05) is 6.54 Å². The number of carbonyl (C=O) groups is 1. The first-order valence-electron chi connectivity index (χ1n) is 5.98. The van der Waals surface area contributed by atoms with Crippen LogP contribution in [0.4, 0.5) is 0 Å². The molecular weight excluding hydrogens is 218 g/mol. The van der Waals surface area contributed by atoms with Crippen LogP contribution >= 0.6 is 0 Å². The minimum atomic E-state index is -0.857. The van der Waals surface area contributed by atoms with Crippen molar-refractivity contribution in [3.05, 3.63) is 23.7 Å². The first-order valence-corrected chi connectivity index (χ1v) is 5.98. The van der Waals surface area contributed by atoms with E-state index in [9.17, 15) is 9.90 Å². The second kappa shape index (κ2) is 4.18. The molecule has 0 radical (unpaired) electrons. The van der Waals surface area contributed by atoms with E-state index in [4.69, 9.17) is 4.42 Å². The first kappa shape index (κ1) is 12.2. The Hall–Kier alpha value is -1.29. The molecule has 0 aromatic carbocycles. The molecule has 1 aromatic heterocycles. The summed E-state index contributed by atoms with van der Waals surface area (Å²) in [4.78, 5) is 14.1. The SMILES string of the molecule is Cc1occc1C(=O)N1CCCC1C(C)(C)O. The molecule has 2 heterocycles. The van der Waals surface area contributed by atoms with E-state index in [2.05, 4.69) is 0 Å². The van der Waals surface area contributed by atoms with Crippen molar-refractivity contribution in [3.63, 3.8) is 0 Å². The van der Waals surface area contributed by atoms with Crippen LogP contribution in [0.5, 0.6) is 0 Å². The van der Waals surface area contributed by atoms with Crippen molar-refractivity contribution in [2.24, 2.45) is 0 Å². The summed E-state index contributed by atoms with van der Waals surface area (Å²) in [5, 5.41) is 10.1. The van der Waals surface area contributed by atoms with Gasteiger partial charge >= 0.3 is 0 Å². The number of nitrogens with zero attached hydrogens (tertiary/aromatic N) is 1. The third-order valence-corrected chi connectivity index (χ3v) is 3.42. The Labute approximate surface area is 101 Å². The van der Waals surface area contributed by atoms with E-state index in [0.29, 0.717) is 17.9 Å². The van der Waals surface area contributed by atoms with Gasteiger partial charge in [0.05, 0.1) is 23.5 Å². The third kappa shape index (κ3) is 2.22. The highest BCUT2D eigenvalue weighted by Gasteiger charge is 2.39. The van der Waals surface area contributed by atoms with Crippen molar-refractivity contribution in [3.8, 4) is 0 Å². The average Bonchev–Trinajstić information content (AvgIpc) is 2.82. The summed E-state index contributed by atoms with van der Waals surface area (Å²) in [5.41, 5.74) is -0.259. The molecule has 1 fully saturated rings. The van der Waals surface area contributed by atoms with Gasteiger partial charge in [0.2, 0.25) is 0 Å². The first-order chi connectivity index (χ1) is 7.91. The van der Waals surface area contributed by atoms with E-state index < -0.39 is 5.60 Å². The normalized spacial score (nSPS) is 20.9. The largest absolute Gasteiger partial charge is 0.469 e. The number of rotatable bonds is 2. The molecule has 1 N–H and O–H groups in total. The standard InChI is InChI=1S/C13H19NO3/c1-9-10(6-8-17-9)12(15)14-7-4-5-11(14)13(2,3)16/h6,8,11,16H,4-5,7H2,1-3H3. The maximum absolute atomic E-state index is 12.3. The van der Waals surface area contributed by atoms with Gasteiger partial charge in [0, 0.05) is 6.54 Å². The Kier molecular flexibility index (Phi) is 3.00. The molecule has 94 valence electrons. The fraction of sp³-hybridized carbons (Fsp3) is 0.615. The smallest absolute Gasteiger partial charge is 0.257 e. The van der Waals surface area contributed by atoms with Crippen LogP contribution in [-0.4, -0.2) is 34.1 Å². The Morgan fingerprint density at radius 2 is 2.29 bits per heavy atom. The molecule has 1 aliphatic rings. The lowest BCUT2D eigenvalue weighted by Crippen LogP contribution is -2.48. The molecule has 1 atom stereocenters. The van der Waals surface area contributed by atoms with Gasteiger partial charge in [0.1, 0.15) is 5.76 Å². The van der Waals surface area contributed by atoms with E-state index in [-0.39, 0.29) is 11.9 Å². The molecule has 0 saturated carbocycles. The van der Waals surface area contributed by atoms with Crippen molar-refractivity contribution >= 4 is 5.91 Å². The van der Waals surface area contributed by atoms with Gasteiger partial charge in [-0.2, -0.15) is 0 Å². The van der Waals surface area contributed by atoms with E-state index in [1.54, 1.807) is 31.7 Å². The molecule has 0 spiro atoms. The summed E-state index contributed by atoms with van der Waals surface area (Å²) in [6, 6.07) is 1.58. The predicted octanol–water partition coefficient (Wildman–Crippen LogP) is 1.96. The fourth-order valence-electron chi connectivity index (χ4n) is 2.51. The lowest BCUT2D eigenvalue weighted by Gasteiger charge is -2.33. The number of amides is 1. The molecule has 17 heavy (non-hydrogen) atoms. The minimum Gasteiger partial charge on any atom is -0.469 e. The molecule has 1 saturated heterocycles. The summed E-state index contributed by atoms with van der Waals surface area (Å²) >= 11 is 0. The molecule has 1 unspecified atom stereocenters. The Morgan fingerprint density at radius 3 is 2.82 bits per heavy atom. The molecule has 0 aliphatic carbocycles. The van der Waals surface area contributed by atoms with Gasteiger partial charge in [-0.3, -0.25) is 4.79 Å². The molecule has 1 aromatic rings. The van der Waals surface area contributed by atoms with Gasteiger partial charge in [-0.05, 0) is 39.7 Å². The van der Waals surface area contributed by atoms with Crippen LogP contribution in [0.25, 0.3) is 0 Å². The van der Waals surface area contributed by atoms with Gasteiger partial charge in [-0.1, -0.05) is 0 Å². The summed E-state index contributed by atoms with van der Waals surface area (Å²) in [6.07, 6.45) is 3.32. The Bertz CT molecular complexity index is 417. The van der Waals surface area contributed by atoms with Gasteiger partial charge in [0.15, 0.2) is 0 Å².